The van der Waals surface area contributed by atoms with E-state index in [-0.39, 0.29) is 6.10 Å². The molecule has 0 aliphatic rings. The molecule has 0 fully saturated rings. The molecule has 0 aromatic heterocycles. The fourth-order valence-electron chi connectivity index (χ4n) is 1.42. The van der Waals surface area contributed by atoms with Gasteiger partial charge in [0.25, 0.3) is 0 Å². The number of hydrogen-bond acceptors (Lipinski definition) is 1. The Hall–Kier alpha value is -0.820. The Morgan fingerprint density at radius 1 is 1.25 bits per heavy atom. The van der Waals surface area contributed by atoms with Gasteiger partial charge in [-0.25, -0.2) is 0 Å². The molecule has 0 saturated carbocycles. The molecule has 1 unspecified atom stereocenters. The zero-order valence-electron chi connectivity index (χ0n) is 7.75. The normalized spacial score (nSPS) is 12.9. The van der Waals surface area contributed by atoms with Gasteiger partial charge in [-0.1, -0.05) is 31.2 Å². The van der Waals surface area contributed by atoms with Crippen LogP contribution in [0.25, 0.3) is 0 Å². The first-order valence-corrected chi connectivity index (χ1v) is 4.49. The second-order valence-corrected chi connectivity index (χ2v) is 3.18. The number of hydrogen-bond donors (Lipinski definition) is 1. The summed E-state index contributed by atoms with van der Waals surface area (Å²) in [5.41, 5.74) is 2.62. The van der Waals surface area contributed by atoms with Crippen molar-refractivity contribution in [2.45, 2.75) is 32.8 Å². The summed E-state index contributed by atoms with van der Waals surface area (Å²) in [4.78, 5) is 0. The standard InChI is InChI=1S/C11H16O/c1-3-10-6-4-5-7-11(10)8-9(2)12/h4-7,9,12H,3,8H2,1-2H3. The van der Waals surface area contributed by atoms with E-state index in [1.807, 2.05) is 19.1 Å². The molecule has 12 heavy (non-hydrogen) atoms. The Morgan fingerprint density at radius 2 is 1.83 bits per heavy atom. The quantitative estimate of drug-likeness (QED) is 0.726. The lowest BCUT2D eigenvalue weighted by Crippen LogP contribution is -2.06. The highest BCUT2D eigenvalue weighted by atomic mass is 16.3. The molecule has 0 amide bonds. The van der Waals surface area contributed by atoms with E-state index in [0.29, 0.717) is 0 Å². The molecule has 0 heterocycles. The van der Waals surface area contributed by atoms with Crippen LogP contribution in [-0.4, -0.2) is 11.2 Å². The van der Waals surface area contributed by atoms with E-state index in [2.05, 4.69) is 19.1 Å². The van der Waals surface area contributed by atoms with Gasteiger partial charge in [-0.05, 0) is 30.9 Å². The van der Waals surface area contributed by atoms with Crippen molar-refractivity contribution in [1.29, 1.82) is 0 Å². The first kappa shape index (κ1) is 9.27. The highest BCUT2D eigenvalue weighted by Gasteiger charge is 2.02. The Morgan fingerprint density at radius 3 is 2.33 bits per heavy atom. The van der Waals surface area contributed by atoms with Crippen LogP contribution in [0.4, 0.5) is 0 Å². The van der Waals surface area contributed by atoms with E-state index in [4.69, 9.17) is 0 Å². The molecule has 1 aromatic rings. The first-order valence-electron chi connectivity index (χ1n) is 4.49. The lowest BCUT2D eigenvalue weighted by Gasteiger charge is -2.08. The molecule has 1 heteroatoms. The number of aliphatic hydroxyl groups excluding tert-OH is 1. The maximum atomic E-state index is 9.23. The van der Waals surface area contributed by atoms with Crippen molar-refractivity contribution in [2.24, 2.45) is 0 Å². The third-order valence-electron chi connectivity index (χ3n) is 2.01. The van der Waals surface area contributed by atoms with Crippen LogP contribution < -0.4 is 0 Å². The summed E-state index contributed by atoms with van der Waals surface area (Å²) >= 11 is 0. The molecule has 0 aliphatic carbocycles. The van der Waals surface area contributed by atoms with Gasteiger partial charge in [0.15, 0.2) is 0 Å². The van der Waals surface area contributed by atoms with E-state index >= 15 is 0 Å². The van der Waals surface area contributed by atoms with Crippen molar-refractivity contribution >= 4 is 0 Å². The number of aliphatic hydroxyl groups is 1. The smallest absolute Gasteiger partial charge is 0.0552 e. The van der Waals surface area contributed by atoms with Crippen LogP contribution in [0.1, 0.15) is 25.0 Å². The van der Waals surface area contributed by atoms with Crippen molar-refractivity contribution < 1.29 is 5.11 Å². The summed E-state index contributed by atoms with van der Waals surface area (Å²) in [6, 6.07) is 8.28. The van der Waals surface area contributed by atoms with Crippen LogP contribution >= 0.6 is 0 Å². The van der Waals surface area contributed by atoms with Gasteiger partial charge in [-0.3, -0.25) is 0 Å². The average Bonchev–Trinajstić information content (AvgIpc) is 2.04. The van der Waals surface area contributed by atoms with Crippen molar-refractivity contribution in [3.8, 4) is 0 Å². The van der Waals surface area contributed by atoms with Gasteiger partial charge in [0.1, 0.15) is 0 Å². The molecule has 0 bridgehead atoms. The molecular formula is C11H16O. The van der Waals surface area contributed by atoms with Gasteiger partial charge in [0.2, 0.25) is 0 Å². The molecule has 1 aromatic carbocycles. The SMILES string of the molecule is CCc1ccccc1CC(C)O. The summed E-state index contributed by atoms with van der Waals surface area (Å²) in [5, 5.41) is 9.23. The van der Waals surface area contributed by atoms with Crippen LogP contribution in [0.3, 0.4) is 0 Å². The second-order valence-electron chi connectivity index (χ2n) is 3.18. The zero-order chi connectivity index (χ0) is 8.97. The Labute approximate surface area is 74.1 Å². The minimum absolute atomic E-state index is 0.238. The Kier molecular flexibility index (Phi) is 3.30. The minimum Gasteiger partial charge on any atom is -0.393 e. The highest BCUT2D eigenvalue weighted by molar-refractivity contribution is 5.27. The van der Waals surface area contributed by atoms with Gasteiger partial charge in [-0.15, -0.1) is 0 Å². The zero-order valence-corrected chi connectivity index (χ0v) is 7.75. The van der Waals surface area contributed by atoms with Crippen LogP contribution in [0.15, 0.2) is 24.3 Å². The molecule has 0 spiro atoms. The summed E-state index contributed by atoms with van der Waals surface area (Å²) in [6.07, 6.45) is 1.57. The molecule has 0 saturated heterocycles. The first-order chi connectivity index (χ1) is 5.74. The highest BCUT2D eigenvalue weighted by Crippen LogP contribution is 2.11. The van der Waals surface area contributed by atoms with E-state index in [9.17, 15) is 5.11 Å². The predicted molar refractivity (Wildman–Crippen MR) is 51.2 cm³/mol. The van der Waals surface area contributed by atoms with E-state index in [0.717, 1.165) is 12.8 Å². The predicted octanol–water partition coefficient (Wildman–Crippen LogP) is 2.17. The van der Waals surface area contributed by atoms with Crippen molar-refractivity contribution in [3.05, 3.63) is 35.4 Å². The van der Waals surface area contributed by atoms with Gasteiger partial charge in [0, 0.05) is 0 Å². The van der Waals surface area contributed by atoms with E-state index in [1.165, 1.54) is 11.1 Å². The Bertz CT molecular complexity index is 241. The number of benzene rings is 1. The summed E-state index contributed by atoms with van der Waals surface area (Å²) in [7, 11) is 0. The second kappa shape index (κ2) is 4.27. The molecule has 1 nitrogen and oxygen atoms in total. The van der Waals surface area contributed by atoms with Gasteiger partial charge in [-0.2, -0.15) is 0 Å². The topological polar surface area (TPSA) is 20.2 Å². The van der Waals surface area contributed by atoms with E-state index < -0.39 is 0 Å². The third-order valence-corrected chi connectivity index (χ3v) is 2.01. The fraction of sp³-hybridized carbons (Fsp3) is 0.455. The Balaban J connectivity index is 2.82. The maximum absolute atomic E-state index is 9.23. The lowest BCUT2D eigenvalue weighted by atomic mass is 10.0. The molecule has 66 valence electrons. The largest absolute Gasteiger partial charge is 0.393 e. The summed E-state index contributed by atoms with van der Waals surface area (Å²) in [6.45, 7) is 3.97. The number of rotatable bonds is 3. The molecular weight excluding hydrogens is 148 g/mol. The van der Waals surface area contributed by atoms with Crippen molar-refractivity contribution in [3.63, 3.8) is 0 Å². The minimum atomic E-state index is -0.238. The van der Waals surface area contributed by atoms with Crippen molar-refractivity contribution in [1.82, 2.24) is 0 Å². The molecule has 0 aliphatic heterocycles. The third kappa shape index (κ3) is 2.35. The van der Waals surface area contributed by atoms with Crippen LogP contribution in [0.5, 0.6) is 0 Å². The summed E-state index contributed by atoms with van der Waals surface area (Å²) in [5.74, 6) is 0. The van der Waals surface area contributed by atoms with Crippen LogP contribution in [-0.2, 0) is 12.8 Å². The molecule has 1 atom stereocenters. The van der Waals surface area contributed by atoms with E-state index in [1.54, 1.807) is 0 Å². The van der Waals surface area contributed by atoms with Gasteiger partial charge >= 0.3 is 0 Å². The van der Waals surface area contributed by atoms with Crippen molar-refractivity contribution in [2.75, 3.05) is 0 Å². The molecule has 0 radical (unpaired) electrons. The van der Waals surface area contributed by atoms with Gasteiger partial charge in [0.05, 0.1) is 6.10 Å². The monoisotopic (exact) mass is 164 g/mol. The fourth-order valence-corrected chi connectivity index (χ4v) is 1.42. The summed E-state index contributed by atoms with van der Waals surface area (Å²) < 4.78 is 0. The van der Waals surface area contributed by atoms with Gasteiger partial charge < -0.3 is 5.11 Å². The number of aryl methyl sites for hydroxylation is 1. The molecule has 1 rings (SSSR count). The maximum Gasteiger partial charge on any atom is 0.0552 e. The molecule has 1 N–H and O–H groups in total. The average molecular weight is 164 g/mol. The lowest BCUT2D eigenvalue weighted by molar-refractivity contribution is 0.195. The van der Waals surface area contributed by atoms with Crippen LogP contribution in [0, 0.1) is 0 Å². The van der Waals surface area contributed by atoms with Crippen LogP contribution in [0.2, 0.25) is 0 Å².